The Morgan fingerprint density at radius 1 is 1.34 bits per heavy atom. The number of nitrogens with zero attached hydrogens (tertiary/aromatic N) is 3. The van der Waals surface area contributed by atoms with Gasteiger partial charge in [0.1, 0.15) is 12.3 Å². The minimum absolute atomic E-state index is 0.0435. The summed E-state index contributed by atoms with van der Waals surface area (Å²) in [5.41, 5.74) is 7.87. The molecule has 0 bridgehead atoms. The normalized spacial score (nSPS) is 18.0. The van der Waals surface area contributed by atoms with Crippen molar-refractivity contribution in [2.45, 2.75) is 38.4 Å². The first kappa shape index (κ1) is 20.7. The van der Waals surface area contributed by atoms with E-state index in [2.05, 4.69) is 38.3 Å². The van der Waals surface area contributed by atoms with Crippen molar-refractivity contribution in [2.24, 2.45) is 0 Å². The smallest absolute Gasteiger partial charge is 0.248 e. The molecule has 0 unspecified atom stereocenters. The summed E-state index contributed by atoms with van der Waals surface area (Å²) in [4.78, 5) is 25.7. The number of H-pyrrole nitrogens is 1. The van der Waals surface area contributed by atoms with Crippen LogP contribution < -0.4 is 5.32 Å². The molecule has 5 rings (SSSR count). The van der Waals surface area contributed by atoms with Crippen molar-refractivity contribution in [3.63, 3.8) is 0 Å². The molecule has 7 nitrogen and oxygen atoms in total. The van der Waals surface area contributed by atoms with Gasteiger partial charge in [0.25, 0.3) is 0 Å². The second-order valence-corrected chi connectivity index (χ2v) is 8.60. The summed E-state index contributed by atoms with van der Waals surface area (Å²) in [6, 6.07) is 6.99. The lowest BCUT2D eigenvalue weighted by atomic mass is 9.87. The molecule has 3 aromatic rings. The van der Waals surface area contributed by atoms with Gasteiger partial charge in [-0.25, -0.2) is 11.6 Å². The predicted molar refractivity (Wildman–Crippen MR) is 123 cm³/mol. The fourth-order valence-electron chi connectivity index (χ4n) is 4.98. The van der Waals surface area contributed by atoms with Gasteiger partial charge in [0.05, 0.1) is 5.56 Å². The molecule has 0 radical (unpaired) electrons. The number of nitrogens with one attached hydrogen (secondary N) is 2. The van der Waals surface area contributed by atoms with Crippen LogP contribution in [0.2, 0.25) is 0 Å². The van der Waals surface area contributed by atoms with Crippen LogP contribution in [0.15, 0.2) is 30.6 Å². The highest BCUT2D eigenvalue weighted by Gasteiger charge is 2.28. The third-order valence-corrected chi connectivity index (χ3v) is 6.63. The highest BCUT2D eigenvalue weighted by atomic mass is 16.5. The summed E-state index contributed by atoms with van der Waals surface area (Å²) in [5.74, 6) is 0.0435. The molecule has 2 aliphatic heterocycles. The lowest BCUT2D eigenvalue weighted by Crippen LogP contribution is -2.38. The topological polar surface area (TPSA) is 74.6 Å². The Kier molecular flexibility index (Phi) is 5.64. The van der Waals surface area contributed by atoms with Crippen LogP contribution in [0.3, 0.4) is 0 Å². The molecule has 2 N–H and O–H groups in total. The zero-order valence-electron chi connectivity index (χ0n) is 18.3. The van der Waals surface area contributed by atoms with Gasteiger partial charge >= 0.3 is 0 Å². The summed E-state index contributed by atoms with van der Waals surface area (Å²) in [7, 11) is 1.56. The molecule has 0 saturated carbocycles. The quantitative estimate of drug-likeness (QED) is 0.608. The third-order valence-electron chi connectivity index (χ3n) is 6.63. The Labute approximate surface area is 187 Å². The predicted octanol–water partition coefficient (Wildman–Crippen LogP) is 3.60. The number of hydrogen-bond acceptors (Lipinski definition) is 4. The van der Waals surface area contributed by atoms with Crippen molar-refractivity contribution in [1.82, 2.24) is 20.2 Å². The van der Waals surface area contributed by atoms with Gasteiger partial charge in [-0.3, -0.25) is 4.79 Å². The van der Waals surface area contributed by atoms with Crippen LogP contribution in [0.4, 0.5) is 0 Å². The molecule has 2 aromatic heterocycles. The molecule has 2 aliphatic rings. The molecule has 0 aliphatic carbocycles. The van der Waals surface area contributed by atoms with E-state index in [9.17, 15) is 4.79 Å². The van der Waals surface area contributed by atoms with Gasteiger partial charge in [-0.15, -0.1) is 0 Å². The number of aromatic amines is 1. The van der Waals surface area contributed by atoms with Crippen molar-refractivity contribution < 1.29 is 9.53 Å². The molecular formula is C25H27N5O2. The van der Waals surface area contributed by atoms with E-state index in [1.165, 1.54) is 16.7 Å². The Morgan fingerprint density at radius 3 is 3.03 bits per heavy atom. The molecule has 1 fully saturated rings. The first-order valence-electron chi connectivity index (χ1n) is 11.1. The monoisotopic (exact) mass is 429 g/mol. The number of carbonyl (C=O) groups excluding carboxylic acids is 1. The lowest BCUT2D eigenvalue weighted by Gasteiger charge is -2.32. The minimum Gasteiger partial charge on any atom is -0.375 e. The fourth-order valence-corrected chi connectivity index (χ4v) is 4.98. The fraction of sp³-hybridized carbons (Fsp3) is 0.400. The Morgan fingerprint density at radius 2 is 2.25 bits per heavy atom. The molecule has 4 heterocycles. The maximum atomic E-state index is 12.5. The Bertz CT molecular complexity index is 1200. The van der Waals surface area contributed by atoms with Crippen LogP contribution in [0.5, 0.6) is 0 Å². The minimum atomic E-state index is 0.0435. The van der Waals surface area contributed by atoms with Crippen molar-refractivity contribution in [3.8, 4) is 11.1 Å². The van der Waals surface area contributed by atoms with Crippen molar-refractivity contribution in [1.29, 1.82) is 0 Å². The van der Waals surface area contributed by atoms with Gasteiger partial charge in [-0.2, -0.15) is 0 Å². The second-order valence-electron chi connectivity index (χ2n) is 8.60. The summed E-state index contributed by atoms with van der Waals surface area (Å²) < 4.78 is 5.08. The van der Waals surface area contributed by atoms with Gasteiger partial charge in [0.15, 0.2) is 0 Å². The number of rotatable bonds is 5. The van der Waals surface area contributed by atoms with E-state index in [1.807, 2.05) is 17.3 Å². The summed E-state index contributed by atoms with van der Waals surface area (Å²) >= 11 is 0. The van der Waals surface area contributed by atoms with Crippen LogP contribution in [-0.2, 0) is 29.0 Å². The van der Waals surface area contributed by atoms with Crippen LogP contribution in [-0.4, -0.2) is 47.6 Å². The average Bonchev–Trinajstić information content (AvgIpc) is 3.49. The van der Waals surface area contributed by atoms with Crippen LogP contribution in [0.1, 0.15) is 41.1 Å². The molecule has 164 valence electrons. The van der Waals surface area contributed by atoms with Crippen molar-refractivity contribution in [2.75, 3.05) is 26.8 Å². The highest BCUT2D eigenvalue weighted by Crippen LogP contribution is 2.36. The molecule has 1 amide bonds. The largest absolute Gasteiger partial charge is 0.375 e. The summed E-state index contributed by atoms with van der Waals surface area (Å²) in [5, 5.41) is 4.65. The second kappa shape index (κ2) is 8.73. The molecule has 32 heavy (non-hydrogen) atoms. The first-order chi connectivity index (χ1) is 15.7. The van der Waals surface area contributed by atoms with E-state index in [4.69, 9.17) is 11.3 Å². The molecule has 1 aromatic carbocycles. The molecule has 7 heteroatoms. The van der Waals surface area contributed by atoms with Crippen molar-refractivity contribution >= 4 is 16.9 Å². The Balaban J connectivity index is 1.57. The third kappa shape index (κ3) is 3.77. The number of methoxy groups -OCH3 is 1. The zero-order valence-corrected chi connectivity index (χ0v) is 18.3. The molecular weight excluding hydrogens is 402 g/mol. The summed E-state index contributed by atoms with van der Waals surface area (Å²) in [6.45, 7) is 10.1. The molecule has 1 saturated heterocycles. The van der Waals surface area contributed by atoms with Gasteiger partial charge in [0, 0.05) is 49.6 Å². The van der Waals surface area contributed by atoms with Gasteiger partial charge in [0.2, 0.25) is 12.5 Å². The zero-order chi connectivity index (χ0) is 22.1. The van der Waals surface area contributed by atoms with Gasteiger partial charge in [-0.05, 0) is 60.2 Å². The Hall–Kier alpha value is -3.21. The lowest BCUT2D eigenvalue weighted by molar-refractivity contribution is -0.136. The first-order valence-corrected chi connectivity index (χ1v) is 11.1. The number of ether oxygens (including phenoxy) is 1. The van der Waals surface area contributed by atoms with E-state index < -0.39 is 0 Å². The SMILES string of the molecule is [C-]#[N+]Cc1c[nH]c2ncc(-c3cc4c(c([C@@H]5CCCN5)c3)CN(C(=O)COC)CC4)cc12. The van der Waals surface area contributed by atoms with Crippen LogP contribution >= 0.6 is 0 Å². The number of carbonyl (C=O) groups is 1. The maximum Gasteiger partial charge on any atom is 0.248 e. The molecule has 1 atom stereocenters. The van der Waals surface area contributed by atoms with Crippen LogP contribution in [0.25, 0.3) is 27.0 Å². The number of amides is 1. The number of fused-ring (bicyclic) bond motifs is 2. The van der Waals surface area contributed by atoms with Crippen molar-refractivity contribution in [3.05, 3.63) is 64.3 Å². The number of pyridine rings is 1. The van der Waals surface area contributed by atoms with E-state index >= 15 is 0 Å². The highest BCUT2D eigenvalue weighted by molar-refractivity contribution is 5.85. The van der Waals surface area contributed by atoms with E-state index in [0.717, 1.165) is 53.5 Å². The summed E-state index contributed by atoms with van der Waals surface area (Å²) in [6.07, 6.45) is 6.89. The number of aromatic nitrogens is 2. The molecule has 0 spiro atoms. The standard InChI is InChI=1S/C25H27N5O2/c1-26-11-19-13-29-25-20(19)10-18(12-28-25)17-8-16-5-7-30(24(31)15-32-2)14-22(16)21(9-17)23-4-3-6-27-23/h8-10,12-13,23,27H,3-7,11,14-15H2,2H3,(H,28,29)/t23-/m0/s1. The van der Waals surface area contributed by atoms with Crippen LogP contribution in [0, 0.1) is 6.57 Å². The van der Waals surface area contributed by atoms with Gasteiger partial charge in [-0.1, -0.05) is 6.07 Å². The number of hydrogen-bond donors (Lipinski definition) is 2. The van der Waals surface area contributed by atoms with E-state index in [1.54, 1.807) is 7.11 Å². The van der Waals surface area contributed by atoms with E-state index in [0.29, 0.717) is 25.7 Å². The average molecular weight is 430 g/mol. The maximum absolute atomic E-state index is 12.5. The van der Waals surface area contributed by atoms with Gasteiger partial charge < -0.3 is 24.8 Å². The van der Waals surface area contributed by atoms with E-state index in [-0.39, 0.29) is 12.5 Å². The number of benzene rings is 1.